The minimum absolute atomic E-state index is 0.611. The number of hydrogen-bond donors (Lipinski definition) is 0. The second-order valence-electron chi connectivity index (χ2n) is 0. The van der Waals surface area contributed by atoms with Crippen molar-refractivity contribution in [3.05, 3.63) is 0 Å². The predicted octanol–water partition coefficient (Wildman–Crippen LogP) is -0.243. The number of rotatable bonds is 0. The van der Waals surface area contributed by atoms with Crippen LogP contribution in [0.3, 0.4) is 0 Å². The van der Waals surface area contributed by atoms with Crippen molar-refractivity contribution in [3.63, 3.8) is 0 Å². The summed E-state index contributed by atoms with van der Waals surface area (Å²) in [4.78, 5) is 0. The van der Waals surface area contributed by atoms with E-state index in [1.807, 2.05) is 0 Å². The van der Waals surface area contributed by atoms with Crippen LogP contribution in [0.15, 0.2) is 0 Å². The minimum atomic E-state index is 0.611. The molecule has 0 fully saturated rings. The standard InChI is InChI=1S/2O.Os.Pd. The fraction of sp³-hybridized carbons (Fsp3) is 0. The molecule has 0 bridgehead atoms. The molecule has 0 aromatic carbocycles. The Hall–Kier alpha value is 0.899. The third kappa shape index (κ3) is 12.9. The molecule has 0 radical (unpaired) electrons. The van der Waals surface area contributed by atoms with Gasteiger partial charge in [0.1, 0.15) is 0 Å². The zero-order chi connectivity index (χ0) is 4.00. The van der Waals surface area contributed by atoms with Crippen LogP contribution < -0.4 is 0 Å². The van der Waals surface area contributed by atoms with Crippen molar-refractivity contribution in [1.82, 2.24) is 0 Å². The van der Waals surface area contributed by atoms with E-state index in [0.717, 1.165) is 0 Å². The molecule has 2 nitrogen and oxygen atoms in total. The Morgan fingerprint density at radius 2 is 1.25 bits per heavy atom. The van der Waals surface area contributed by atoms with E-state index in [9.17, 15) is 0 Å². The van der Waals surface area contributed by atoms with Gasteiger partial charge in [-0.2, -0.15) is 0 Å². The number of hydrogen-bond acceptors (Lipinski definition) is 2. The van der Waals surface area contributed by atoms with E-state index in [4.69, 9.17) is 7.01 Å². The Morgan fingerprint density at radius 3 is 1.25 bits per heavy atom. The van der Waals surface area contributed by atoms with Gasteiger partial charge in [-0.3, -0.25) is 0 Å². The van der Waals surface area contributed by atoms with Gasteiger partial charge in [-0.25, -0.2) is 0 Å². The molecule has 4 heteroatoms. The van der Waals surface area contributed by atoms with Crippen molar-refractivity contribution >= 4 is 0 Å². The first-order valence-electron chi connectivity index (χ1n) is 0.273. The Bertz CT molecular complexity index is 8.00. The van der Waals surface area contributed by atoms with Gasteiger partial charge in [-0.15, -0.1) is 0 Å². The molecule has 0 atom stereocenters. The molecule has 0 saturated heterocycles. The van der Waals surface area contributed by atoms with Crippen molar-refractivity contribution in [1.29, 1.82) is 0 Å². The molecule has 0 aliphatic carbocycles. The molecule has 0 saturated carbocycles. The van der Waals surface area contributed by atoms with Gasteiger partial charge in [0.15, 0.2) is 0 Å². The van der Waals surface area contributed by atoms with Crippen molar-refractivity contribution in [2.24, 2.45) is 0 Å². The molecule has 0 heterocycles. The Kier molecular flexibility index (Phi) is 89.9. The van der Waals surface area contributed by atoms with Gasteiger partial charge < -0.3 is 0 Å². The first kappa shape index (κ1) is 8.86. The normalized spacial score (nSPS) is 2.75. The summed E-state index contributed by atoms with van der Waals surface area (Å²) >= 11 is 2.11. The van der Waals surface area contributed by atoms with E-state index in [2.05, 4.69) is 0 Å². The molecule has 0 aromatic rings. The maximum absolute atomic E-state index is 8.28. The second-order valence-corrected chi connectivity index (χ2v) is 0. The summed E-state index contributed by atoms with van der Waals surface area (Å²) in [6, 6.07) is 0. The SMILES string of the molecule is [O]=[Os].[O]=[Pd]. The van der Waals surface area contributed by atoms with Gasteiger partial charge in [-0.05, 0) is 0 Å². The summed E-state index contributed by atoms with van der Waals surface area (Å²) in [7, 11) is 0. The summed E-state index contributed by atoms with van der Waals surface area (Å²) < 4.78 is 16.4. The molecule has 30 valence electrons. The van der Waals surface area contributed by atoms with Crippen LogP contribution in [0.5, 0.6) is 0 Å². The zero-order valence-electron chi connectivity index (χ0n) is 1.49. The van der Waals surface area contributed by atoms with Crippen LogP contribution in [0, 0.1) is 0 Å². The van der Waals surface area contributed by atoms with Gasteiger partial charge in [0, 0.05) is 0 Å². The molecule has 0 aliphatic heterocycles. The summed E-state index contributed by atoms with van der Waals surface area (Å²) in [5, 5.41) is 0. The van der Waals surface area contributed by atoms with E-state index in [1.54, 1.807) is 0 Å². The molecule has 4 heavy (non-hydrogen) atoms. The van der Waals surface area contributed by atoms with Crippen LogP contribution >= 0.6 is 0 Å². The molecular weight excluding hydrogens is 329 g/mol. The van der Waals surface area contributed by atoms with E-state index in [0.29, 0.717) is 18.6 Å². The summed E-state index contributed by atoms with van der Waals surface area (Å²) in [6.45, 7) is 0. The van der Waals surface area contributed by atoms with E-state index >= 15 is 0 Å². The summed E-state index contributed by atoms with van der Waals surface area (Å²) in [6.07, 6.45) is 0. The van der Waals surface area contributed by atoms with Crippen molar-refractivity contribution in [2.75, 3.05) is 0 Å². The van der Waals surface area contributed by atoms with Crippen LogP contribution in [-0.2, 0) is 44.7 Å². The van der Waals surface area contributed by atoms with E-state index in [-0.39, 0.29) is 0 Å². The predicted molar refractivity (Wildman–Crippen MR) is 1.37 cm³/mol. The topological polar surface area (TPSA) is 34.1 Å². The summed E-state index contributed by atoms with van der Waals surface area (Å²) in [5.74, 6) is 0. The van der Waals surface area contributed by atoms with E-state index in [1.165, 1.54) is 19.2 Å². The van der Waals surface area contributed by atoms with Crippen molar-refractivity contribution < 1.29 is 44.7 Å². The average Bonchev–Trinajstić information content (AvgIpc) is 1.50. The Balaban J connectivity index is 0. The van der Waals surface area contributed by atoms with Crippen LogP contribution in [0.4, 0.5) is 0 Å². The first-order chi connectivity index (χ1) is 2.00. The zero-order valence-corrected chi connectivity index (χ0v) is 5.58. The monoisotopic (exact) mass is 330 g/mol. The van der Waals surface area contributed by atoms with Crippen LogP contribution in [0.2, 0.25) is 0 Å². The third-order valence-electron chi connectivity index (χ3n) is 0. The molecule has 0 aliphatic rings. The quantitative estimate of drug-likeness (QED) is 0.575. The first-order valence-corrected chi connectivity index (χ1v) is 1.95. The maximum atomic E-state index is 8.28. The molecule has 0 spiro atoms. The van der Waals surface area contributed by atoms with E-state index < -0.39 is 0 Å². The van der Waals surface area contributed by atoms with Gasteiger partial charge >= 0.3 is 44.7 Å². The Morgan fingerprint density at radius 1 is 1.25 bits per heavy atom. The van der Waals surface area contributed by atoms with Crippen molar-refractivity contribution in [2.45, 2.75) is 0 Å². The molecule has 0 aromatic heterocycles. The van der Waals surface area contributed by atoms with Crippen LogP contribution in [0.25, 0.3) is 0 Å². The summed E-state index contributed by atoms with van der Waals surface area (Å²) in [5.41, 5.74) is 0. The van der Waals surface area contributed by atoms with Gasteiger partial charge in [0.25, 0.3) is 0 Å². The molecule has 0 unspecified atom stereocenters. The van der Waals surface area contributed by atoms with Crippen LogP contribution in [-0.4, -0.2) is 0 Å². The average molecular weight is 329 g/mol. The fourth-order valence-corrected chi connectivity index (χ4v) is 0. The molecular formula is O2OsPd. The molecule has 0 rings (SSSR count). The van der Waals surface area contributed by atoms with Gasteiger partial charge in [0.05, 0.1) is 0 Å². The van der Waals surface area contributed by atoms with Gasteiger partial charge in [-0.1, -0.05) is 0 Å². The molecule has 0 N–H and O–H groups in total. The van der Waals surface area contributed by atoms with Crippen LogP contribution in [0.1, 0.15) is 0 Å². The molecule has 0 amide bonds. The van der Waals surface area contributed by atoms with Crippen molar-refractivity contribution in [3.8, 4) is 0 Å². The fourth-order valence-electron chi connectivity index (χ4n) is 0. The van der Waals surface area contributed by atoms with Gasteiger partial charge in [0.2, 0.25) is 0 Å². The third-order valence-corrected chi connectivity index (χ3v) is 0. The Labute approximate surface area is 44.8 Å². The second kappa shape index (κ2) is 40.6.